The lowest BCUT2D eigenvalue weighted by molar-refractivity contribution is 0.0951. The van der Waals surface area contributed by atoms with Crippen LogP contribution in [0.4, 0.5) is 0 Å². The van der Waals surface area contributed by atoms with Crippen molar-refractivity contribution >= 4 is 27.5 Å². The Morgan fingerprint density at radius 1 is 1.22 bits per heavy atom. The number of carbonyl (C=O) groups excluding carboxylic acids is 1. The predicted molar refractivity (Wildman–Crippen MR) is 108 cm³/mol. The molecule has 2 aliphatic heterocycles. The smallest absolute Gasteiger partial charge is 0.262 e. The molecule has 27 heavy (non-hydrogen) atoms. The summed E-state index contributed by atoms with van der Waals surface area (Å²) < 4.78 is 1.82. The minimum atomic E-state index is -0.0924. The minimum absolute atomic E-state index is 0.0190. The van der Waals surface area contributed by atoms with E-state index in [0.29, 0.717) is 21.6 Å². The Labute approximate surface area is 162 Å². The molecule has 1 saturated heterocycles. The van der Waals surface area contributed by atoms with E-state index in [-0.39, 0.29) is 11.5 Å². The van der Waals surface area contributed by atoms with Crippen LogP contribution in [-0.2, 0) is 13.0 Å². The number of rotatable bonds is 4. The highest BCUT2D eigenvalue weighted by Gasteiger charge is 2.22. The van der Waals surface area contributed by atoms with Crippen molar-refractivity contribution in [3.8, 4) is 0 Å². The maximum atomic E-state index is 13.0. The highest BCUT2D eigenvalue weighted by Crippen LogP contribution is 2.28. The maximum absolute atomic E-state index is 13.0. The fourth-order valence-corrected chi connectivity index (χ4v) is 5.08. The second-order valence-corrected chi connectivity index (χ2v) is 8.38. The molecule has 0 spiro atoms. The fourth-order valence-electron chi connectivity index (χ4n) is 3.97. The van der Waals surface area contributed by atoms with Gasteiger partial charge in [0.15, 0.2) is 0 Å². The molecule has 1 fully saturated rings. The number of hydrogen-bond donors (Lipinski definition) is 2. The van der Waals surface area contributed by atoms with Crippen molar-refractivity contribution in [2.75, 3.05) is 39.3 Å². The molecule has 1 amide bonds. The van der Waals surface area contributed by atoms with Crippen LogP contribution in [0.1, 0.15) is 40.3 Å². The van der Waals surface area contributed by atoms with Crippen LogP contribution in [0.5, 0.6) is 0 Å². The fraction of sp³-hybridized carbons (Fsp3) is 0.632. The second kappa shape index (κ2) is 8.08. The molecule has 2 N–H and O–H groups in total. The van der Waals surface area contributed by atoms with Crippen molar-refractivity contribution in [3.63, 3.8) is 0 Å². The van der Waals surface area contributed by atoms with Gasteiger partial charge in [-0.05, 0) is 25.3 Å². The number of nitrogens with zero attached hydrogens (tertiary/aromatic N) is 3. The van der Waals surface area contributed by atoms with Crippen molar-refractivity contribution < 1.29 is 4.79 Å². The van der Waals surface area contributed by atoms with Gasteiger partial charge in [-0.3, -0.25) is 19.1 Å². The number of nitrogens with one attached hydrogen (secondary N) is 2. The lowest BCUT2D eigenvalue weighted by Gasteiger charge is -2.27. The second-order valence-electron chi connectivity index (χ2n) is 7.38. The molecule has 0 radical (unpaired) electrons. The monoisotopic (exact) mass is 389 g/mol. The molecular weight excluding hydrogens is 362 g/mol. The van der Waals surface area contributed by atoms with Crippen molar-refractivity contribution in [2.45, 2.75) is 39.2 Å². The van der Waals surface area contributed by atoms with E-state index in [0.717, 1.165) is 76.3 Å². The van der Waals surface area contributed by atoms with Crippen LogP contribution >= 0.6 is 11.3 Å². The standard InChI is InChI=1S/C19H27N5O2S/c1-13-15-18(22-14-5-3-2-4-9-24(14)19(15)26)27-16(13)17(25)21-8-12-23-10-6-20-7-11-23/h20H,2-12H2,1H3,(H,21,25). The Bertz CT molecular complexity index is 898. The number of aryl methyl sites for hydroxylation is 2. The zero-order valence-electron chi connectivity index (χ0n) is 15.8. The van der Waals surface area contributed by atoms with E-state index in [4.69, 9.17) is 4.98 Å². The molecule has 0 atom stereocenters. The summed E-state index contributed by atoms with van der Waals surface area (Å²) in [6.07, 6.45) is 4.06. The van der Waals surface area contributed by atoms with Crippen LogP contribution in [0, 0.1) is 6.92 Å². The quantitative estimate of drug-likeness (QED) is 0.820. The van der Waals surface area contributed by atoms with E-state index in [2.05, 4.69) is 15.5 Å². The van der Waals surface area contributed by atoms with Gasteiger partial charge in [-0.25, -0.2) is 4.98 Å². The van der Waals surface area contributed by atoms with Gasteiger partial charge in [-0.1, -0.05) is 6.42 Å². The average Bonchev–Trinajstić information content (AvgIpc) is 2.85. The lowest BCUT2D eigenvalue weighted by atomic mass is 10.2. The number of amides is 1. The Balaban J connectivity index is 1.53. The Morgan fingerprint density at radius 2 is 2.04 bits per heavy atom. The van der Waals surface area contributed by atoms with E-state index in [1.54, 1.807) is 0 Å². The molecule has 0 unspecified atom stereocenters. The van der Waals surface area contributed by atoms with Crippen LogP contribution in [0.25, 0.3) is 10.2 Å². The predicted octanol–water partition coefficient (Wildman–Crippen LogP) is 1.13. The van der Waals surface area contributed by atoms with E-state index < -0.39 is 0 Å². The molecule has 0 aliphatic carbocycles. The molecule has 8 heteroatoms. The van der Waals surface area contributed by atoms with Gasteiger partial charge in [-0.2, -0.15) is 0 Å². The summed E-state index contributed by atoms with van der Waals surface area (Å²) in [6.45, 7) is 8.12. The summed E-state index contributed by atoms with van der Waals surface area (Å²) in [7, 11) is 0. The molecule has 0 bridgehead atoms. The molecule has 2 aromatic rings. The van der Waals surface area contributed by atoms with Crippen LogP contribution in [0.2, 0.25) is 0 Å². The van der Waals surface area contributed by atoms with E-state index in [1.165, 1.54) is 11.3 Å². The third-order valence-corrected chi connectivity index (χ3v) is 6.73. The van der Waals surface area contributed by atoms with Crippen molar-refractivity contribution in [1.82, 2.24) is 25.1 Å². The SMILES string of the molecule is Cc1c(C(=O)NCCN2CCNCC2)sc2nc3n(c(=O)c12)CCCCC3. The summed E-state index contributed by atoms with van der Waals surface area (Å²) in [5, 5.41) is 6.97. The topological polar surface area (TPSA) is 79.3 Å². The first-order valence-electron chi connectivity index (χ1n) is 9.89. The summed E-state index contributed by atoms with van der Waals surface area (Å²) in [5.41, 5.74) is 0.789. The summed E-state index contributed by atoms with van der Waals surface area (Å²) in [5.74, 6) is 0.780. The maximum Gasteiger partial charge on any atom is 0.262 e. The van der Waals surface area contributed by atoms with Gasteiger partial charge in [0.05, 0.1) is 10.3 Å². The van der Waals surface area contributed by atoms with Gasteiger partial charge in [0.25, 0.3) is 11.5 Å². The Morgan fingerprint density at radius 3 is 2.85 bits per heavy atom. The molecule has 146 valence electrons. The van der Waals surface area contributed by atoms with Crippen LogP contribution in [-0.4, -0.2) is 59.6 Å². The summed E-state index contributed by atoms with van der Waals surface area (Å²) in [6, 6.07) is 0. The lowest BCUT2D eigenvalue weighted by Crippen LogP contribution is -2.46. The number of piperazine rings is 1. The first-order valence-corrected chi connectivity index (χ1v) is 10.7. The van der Waals surface area contributed by atoms with Gasteiger partial charge in [0, 0.05) is 52.2 Å². The Hall–Kier alpha value is -1.77. The van der Waals surface area contributed by atoms with E-state index in [9.17, 15) is 9.59 Å². The molecule has 2 aromatic heterocycles. The van der Waals surface area contributed by atoms with Gasteiger partial charge in [0.2, 0.25) is 0 Å². The van der Waals surface area contributed by atoms with Crippen LogP contribution < -0.4 is 16.2 Å². The number of hydrogen-bond acceptors (Lipinski definition) is 6. The highest BCUT2D eigenvalue weighted by atomic mass is 32.1. The van der Waals surface area contributed by atoms with Crippen molar-refractivity contribution in [1.29, 1.82) is 0 Å². The molecule has 4 rings (SSSR count). The minimum Gasteiger partial charge on any atom is -0.350 e. The number of carbonyl (C=O) groups is 1. The number of thiophene rings is 1. The number of aromatic nitrogens is 2. The molecule has 7 nitrogen and oxygen atoms in total. The third-order valence-electron chi connectivity index (χ3n) is 5.54. The van der Waals surface area contributed by atoms with Gasteiger partial charge in [-0.15, -0.1) is 11.3 Å². The van der Waals surface area contributed by atoms with Crippen LogP contribution in [0.3, 0.4) is 0 Å². The first kappa shape index (κ1) is 18.6. The van der Waals surface area contributed by atoms with Crippen molar-refractivity contribution in [3.05, 3.63) is 26.6 Å². The molecular formula is C19H27N5O2S. The van der Waals surface area contributed by atoms with Crippen LogP contribution in [0.15, 0.2) is 4.79 Å². The average molecular weight is 390 g/mol. The molecule has 4 heterocycles. The van der Waals surface area contributed by atoms with Gasteiger partial charge in [0.1, 0.15) is 10.7 Å². The zero-order valence-corrected chi connectivity index (χ0v) is 16.7. The van der Waals surface area contributed by atoms with E-state index in [1.807, 2.05) is 11.5 Å². The molecule has 2 aliphatic rings. The normalized spacial score (nSPS) is 18.3. The largest absolute Gasteiger partial charge is 0.350 e. The Kier molecular flexibility index (Phi) is 5.56. The summed E-state index contributed by atoms with van der Waals surface area (Å²) >= 11 is 1.35. The molecule has 0 saturated carbocycles. The molecule has 0 aromatic carbocycles. The van der Waals surface area contributed by atoms with Gasteiger partial charge < -0.3 is 10.6 Å². The third kappa shape index (κ3) is 3.79. The first-order chi connectivity index (χ1) is 13.1. The van der Waals surface area contributed by atoms with E-state index >= 15 is 0 Å². The van der Waals surface area contributed by atoms with Crippen molar-refractivity contribution in [2.24, 2.45) is 0 Å². The highest BCUT2D eigenvalue weighted by molar-refractivity contribution is 7.20. The number of fused-ring (bicyclic) bond motifs is 2. The zero-order chi connectivity index (χ0) is 18.8. The summed E-state index contributed by atoms with van der Waals surface area (Å²) in [4.78, 5) is 34.1. The van der Waals surface area contributed by atoms with Gasteiger partial charge >= 0.3 is 0 Å².